The second-order valence-electron chi connectivity index (χ2n) is 3.84. The maximum absolute atomic E-state index is 12.0. The number of hydrogen-bond donors (Lipinski definition) is 2. The lowest BCUT2D eigenvalue weighted by Crippen LogP contribution is -2.11. The number of hydrogen-bond acceptors (Lipinski definition) is 5. The van der Waals surface area contributed by atoms with Crippen molar-refractivity contribution in [2.45, 2.75) is 0 Å². The van der Waals surface area contributed by atoms with Gasteiger partial charge < -0.3 is 10.4 Å². The smallest absolute Gasteiger partial charge is 0.345 e. The number of benzene rings is 1. The predicted molar refractivity (Wildman–Crippen MR) is 77.3 cm³/mol. The lowest BCUT2D eigenvalue weighted by molar-refractivity contribution is -0.384. The van der Waals surface area contributed by atoms with Crippen LogP contribution in [0.5, 0.6) is 0 Å². The van der Waals surface area contributed by atoms with Crippen LogP contribution in [0.1, 0.15) is 20.0 Å². The minimum atomic E-state index is -1.09. The number of carboxylic acid groups (broad SMARTS) is 1. The van der Waals surface area contributed by atoms with E-state index in [0.717, 1.165) is 23.5 Å². The highest BCUT2D eigenvalue weighted by Crippen LogP contribution is 2.26. The molecule has 1 aromatic heterocycles. The number of halogens is 1. The lowest BCUT2D eigenvalue weighted by atomic mass is 10.2. The van der Waals surface area contributed by atoms with Crippen molar-refractivity contribution in [2.75, 3.05) is 5.32 Å². The molecule has 1 heterocycles. The molecule has 0 aliphatic rings. The minimum absolute atomic E-state index is 0.0586. The molecule has 0 spiro atoms. The topological polar surface area (TPSA) is 110 Å². The normalized spacial score (nSPS) is 10.1. The van der Waals surface area contributed by atoms with Gasteiger partial charge in [-0.2, -0.15) is 0 Å². The molecule has 9 heteroatoms. The van der Waals surface area contributed by atoms with Crippen LogP contribution in [0.15, 0.2) is 30.3 Å². The minimum Gasteiger partial charge on any atom is -0.477 e. The molecule has 2 aromatic rings. The SMILES string of the molecule is O=C(O)c1ccc(NC(=O)c2ccc([N+](=O)[O-])cc2Cl)s1. The van der Waals surface area contributed by atoms with Crippen LogP contribution in [0, 0.1) is 10.1 Å². The molecule has 0 saturated carbocycles. The average molecular weight is 327 g/mol. The number of carbonyl (C=O) groups excluding carboxylic acids is 1. The van der Waals surface area contributed by atoms with Crippen LogP contribution in [0.3, 0.4) is 0 Å². The molecule has 0 unspecified atom stereocenters. The standard InChI is InChI=1S/C12H7ClN2O5S/c13-8-5-6(15(19)20)1-2-7(8)11(16)14-10-4-3-9(21-10)12(17)18/h1-5H,(H,14,16)(H,17,18). The Morgan fingerprint density at radius 3 is 2.52 bits per heavy atom. The Hall–Kier alpha value is -2.45. The number of anilines is 1. The van der Waals surface area contributed by atoms with Crippen LogP contribution in [0.25, 0.3) is 0 Å². The van der Waals surface area contributed by atoms with E-state index in [9.17, 15) is 19.7 Å². The van der Waals surface area contributed by atoms with Crippen molar-refractivity contribution in [2.24, 2.45) is 0 Å². The summed E-state index contributed by atoms with van der Waals surface area (Å²) in [6.07, 6.45) is 0. The van der Waals surface area contributed by atoms with E-state index in [2.05, 4.69) is 5.32 Å². The lowest BCUT2D eigenvalue weighted by Gasteiger charge is -2.04. The molecule has 2 N–H and O–H groups in total. The summed E-state index contributed by atoms with van der Waals surface area (Å²) in [6.45, 7) is 0. The maximum Gasteiger partial charge on any atom is 0.345 e. The average Bonchev–Trinajstić information content (AvgIpc) is 2.87. The first-order chi connectivity index (χ1) is 9.88. The quantitative estimate of drug-likeness (QED) is 0.662. The molecular formula is C12H7ClN2O5S. The summed E-state index contributed by atoms with van der Waals surface area (Å²) in [5.74, 6) is -1.66. The van der Waals surface area contributed by atoms with Crippen molar-refractivity contribution in [3.63, 3.8) is 0 Å². The summed E-state index contributed by atoms with van der Waals surface area (Å²) in [7, 11) is 0. The van der Waals surface area contributed by atoms with Crippen LogP contribution in [0.4, 0.5) is 10.7 Å². The van der Waals surface area contributed by atoms with E-state index < -0.39 is 16.8 Å². The van der Waals surface area contributed by atoms with E-state index in [1.54, 1.807) is 0 Å². The summed E-state index contributed by atoms with van der Waals surface area (Å²) in [4.78, 5) is 32.8. The Morgan fingerprint density at radius 1 is 1.29 bits per heavy atom. The Kier molecular flexibility index (Phi) is 4.20. The zero-order valence-electron chi connectivity index (χ0n) is 10.2. The Bertz CT molecular complexity index is 743. The highest BCUT2D eigenvalue weighted by atomic mass is 35.5. The first-order valence-corrected chi connectivity index (χ1v) is 6.66. The number of carbonyl (C=O) groups is 2. The number of nitro groups is 1. The molecule has 1 aromatic carbocycles. The predicted octanol–water partition coefficient (Wildman–Crippen LogP) is 3.26. The number of amides is 1. The number of rotatable bonds is 4. The summed E-state index contributed by atoms with van der Waals surface area (Å²) in [5, 5.41) is 22.1. The number of aromatic carboxylic acids is 1. The zero-order chi connectivity index (χ0) is 15.6. The molecule has 2 rings (SSSR count). The molecule has 108 valence electrons. The largest absolute Gasteiger partial charge is 0.477 e. The Labute approximate surface area is 126 Å². The van der Waals surface area contributed by atoms with Gasteiger partial charge in [0.15, 0.2) is 0 Å². The van der Waals surface area contributed by atoms with Gasteiger partial charge in [-0.3, -0.25) is 14.9 Å². The third kappa shape index (κ3) is 3.36. The fourth-order valence-electron chi connectivity index (χ4n) is 1.50. The van der Waals surface area contributed by atoms with Crippen LogP contribution < -0.4 is 5.32 Å². The van der Waals surface area contributed by atoms with Gasteiger partial charge in [0.2, 0.25) is 0 Å². The van der Waals surface area contributed by atoms with Crippen molar-refractivity contribution in [1.29, 1.82) is 0 Å². The molecule has 0 radical (unpaired) electrons. The number of thiophene rings is 1. The number of nitrogens with zero attached hydrogens (tertiary/aromatic N) is 1. The van der Waals surface area contributed by atoms with E-state index in [1.807, 2.05) is 0 Å². The second-order valence-corrected chi connectivity index (χ2v) is 5.34. The number of carboxylic acids is 1. The monoisotopic (exact) mass is 326 g/mol. The van der Waals surface area contributed by atoms with Crippen LogP contribution in [-0.2, 0) is 0 Å². The molecule has 0 fully saturated rings. The molecule has 0 aliphatic carbocycles. The van der Waals surface area contributed by atoms with Crippen molar-refractivity contribution >= 4 is 45.5 Å². The fraction of sp³-hybridized carbons (Fsp3) is 0. The summed E-state index contributed by atoms with van der Waals surface area (Å²) in [6, 6.07) is 6.29. The Balaban J connectivity index is 2.20. The molecule has 0 atom stereocenters. The molecule has 0 saturated heterocycles. The van der Waals surface area contributed by atoms with E-state index in [1.165, 1.54) is 18.2 Å². The summed E-state index contributed by atoms with van der Waals surface area (Å²) >= 11 is 6.73. The molecular weight excluding hydrogens is 320 g/mol. The summed E-state index contributed by atoms with van der Waals surface area (Å²) < 4.78 is 0. The van der Waals surface area contributed by atoms with Crippen LogP contribution in [0.2, 0.25) is 5.02 Å². The van der Waals surface area contributed by atoms with Crippen LogP contribution in [-0.4, -0.2) is 21.9 Å². The van der Waals surface area contributed by atoms with Gasteiger partial charge in [-0.1, -0.05) is 11.6 Å². The molecule has 21 heavy (non-hydrogen) atoms. The number of nitrogens with one attached hydrogen (secondary N) is 1. The molecule has 0 aliphatic heterocycles. The van der Waals surface area contributed by atoms with Crippen molar-refractivity contribution < 1.29 is 19.6 Å². The van der Waals surface area contributed by atoms with Gasteiger partial charge in [0, 0.05) is 12.1 Å². The zero-order valence-corrected chi connectivity index (χ0v) is 11.8. The van der Waals surface area contributed by atoms with Gasteiger partial charge in [-0.05, 0) is 18.2 Å². The van der Waals surface area contributed by atoms with Gasteiger partial charge in [0.25, 0.3) is 11.6 Å². The highest BCUT2D eigenvalue weighted by molar-refractivity contribution is 7.18. The van der Waals surface area contributed by atoms with E-state index in [-0.39, 0.29) is 21.2 Å². The molecule has 7 nitrogen and oxygen atoms in total. The van der Waals surface area contributed by atoms with E-state index in [0.29, 0.717) is 5.00 Å². The highest BCUT2D eigenvalue weighted by Gasteiger charge is 2.16. The van der Waals surface area contributed by atoms with Crippen LogP contribution >= 0.6 is 22.9 Å². The first kappa shape index (κ1) is 14.9. The van der Waals surface area contributed by atoms with E-state index >= 15 is 0 Å². The summed E-state index contributed by atoms with van der Waals surface area (Å²) in [5.41, 5.74) is -0.159. The maximum atomic E-state index is 12.0. The van der Waals surface area contributed by atoms with Gasteiger partial charge in [0.05, 0.1) is 20.5 Å². The Morgan fingerprint density at radius 2 is 2.00 bits per heavy atom. The third-order valence-corrected chi connectivity index (χ3v) is 3.76. The van der Waals surface area contributed by atoms with Crippen molar-refractivity contribution in [1.82, 2.24) is 0 Å². The second kappa shape index (κ2) is 5.90. The molecule has 1 amide bonds. The van der Waals surface area contributed by atoms with Gasteiger partial charge >= 0.3 is 5.97 Å². The fourth-order valence-corrected chi connectivity index (χ4v) is 2.50. The van der Waals surface area contributed by atoms with Crippen molar-refractivity contribution in [3.05, 3.63) is 55.9 Å². The first-order valence-electron chi connectivity index (χ1n) is 5.47. The number of nitro benzene ring substituents is 1. The molecule has 0 bridgehead atoms. The van der Waals surface area contributed by atoms with E-state index in [4.69, 9.17) is 16.7 Å². The number of non-ortho nitro benzene ring substituents is 1. The third-order valence-electron chi connectivity index (χ3n) is 2.46. The van der Waals surface area contributed by atoms with Crippen molar-refractivity contribution in [3.8, 4) is 0 Å². The van der Waals surface area contributed by atoms with Gasteiger partial charge in [-0.15, -0.1) is 11.3 Å². The van der Waals surface area contributed by atoms with Gasteiger partial charge in [-0.25, -0.2) is 4.79 Å². The van der Waals surface area contributed by atoms with Gasteiger partial charge in [0.1, 0.15) is 4.88 Å².